The highest BCUT2D eigenvalue weighted by molar-refractivity contribution is 8.02. The van der Waals surface area contributed by atoms with Gasteiger partial charge in [-0.3, -0.25) is 14.5 Å². The molecule has 0 unspecified atom stereocenters. The summed E-state index contributed by atoms with van der Waals surface area (Å²) < 4.78 is 9.51. The molecule has 2 atom stereocenters. The summed E-state index contributed by atoms with van der Waals surface area (Å²) in [6.45, 7) is 4.18. The number of hydrogen-bond donors (Lipinski definition) is 1. The first-order valence-corrected chi connectivity index (χ1v) is 12.5. The highest BCUT2D eigenvalue weighted by Crippen LogP contribution is 2.54. The van der Waals surface area contributed by atoms with Gasteiger partial charge in [-0.05, 0) is 47.9 Å². The lowest BCUT2D eigenvalue weighted by Gasteiger charge is -2.25. The molecule has 0 aliphatic carbocycles. The van der Waals surface area contributed by atoms with Crippen molar-refractivity contribution in [2.45, 2.75) is 29.6 Å². The number of hydrogen-bond acceptors (Lipinski definition) is 6. The topological polar surface area (TPSA) is 93.1 Å². The number of carboxylic acids is 1. The van der Waals surface area contributed by atoms with Gasteiger partial charge in [-0.2, -0.15) is 0 Å². The van der Waals surface area contributed by atoms with Gasteiger partial charge in [0.15, 0.2) is 0 Å². The molecule has 1 amide bonds. The van der Waals surface area contributed by atoms with Gasteiger partial charge < -0.3 is 14.6 Å². The Morgan fingerprint density at radius 3 is 2.46 bits per heavy atom. The standard InChI is InChI=1S/C29H27NO6S/c1-3-16-29(18-25(31)32)28(34)30(23-11-7-10-22(17-23)27(33)35-2)26(37-29)21-12-14-24(15-13-21)36-19-20-8-5-4-6-9-20/h3-15,17,26H,1,16,18-19H2,2H3,(H,31,32)/t26-,29+/m0/s1. The second kappa shape index (κ2) is 11.3. The molecule has 1 saturated heterocycles. The summed E-state index contributed by atoms with van der Waals surface area (Å²) in [5.41, 5.74) is 2.61. The minimum absolute atomic E-state index is 0.185. The maximum atomic E-state index is 13.9. The number of rotatable bonds is 10. The van der Waals surface area contributed by atoms with Gasteiger partial charge in [0, 0.05) is 5.69 Å². The minimum Gasteiger partial charge on any atom is -0.489 e. The van der Waals surface area contributed by atoms with E-state index in [9.17, 15) is 19.5 Å². The molecule has 37 heavy (non-hydrogen) atoms. The van der Waals surface area contributed by atoms with Crippen LogP contribution in [0.2, 0.25) is 0 Å². The molecular weight excluding hydrogens is 490 g/mol. The van der Waals surface area contributed by atoms with Crippen molar-refractivity contribution in [2.75, 3.05) is 12.0 Å². The van der Waals surface area contributed by atoms with Crippen LogP contribution in [0, 0.1) is 0 Å². The van der Waals surface area contributed by atoms with Crippen molar-refractivity contribution < 1.29 is 29.0 Å². The first kappa shape index (κ1) is 26.0. The Labute approximate surface area is 219 Å². The van der Waals surface area contributed by atoms with Crippen molar-refractivity contribution in [3.05, 3.63) is 108 Å². The Kier molecular flexibility index (Phi) is 7.98. The molecule has 0 saturated carbocycles. The number of esters is 1. The van der Waals surface area contributed by atoms with Crippen molar-refractivity contribution in [3.8, 4) is 5.75 Å². The number of thioether (sulfide) groups is 1. The van der Waals surface area contributed by atoms with E-state index in [4.69, 9.17) is 9.47 Å². The van der Waals surface area contributed by atoms with Gasteiger partial charge in [0.25, 0.3) is 0 Å². The van der Waals surface area contributed by atoms with Crippen LogP contribution in [-0.4, -0.2) is 34.8 Å². The third-order valence-electron chi connectivity index (χ3n) is 6.05. The lowest BCUT2D eigenvalue weighted by atomic mass is 9.97. The molecule has 4 rings (SSSR count). The summed E-state index contributed by atoms with van der Waals surface area (Å²) >= 11 is 1.28. The number of carboxylic acid groups (broad SMARTS) is 1. The lowest BCUT2D eigenvalue weighted by molar-refractivity contribution is -0.139. The van der Waals surface area contributed by atoms with E-state index in [1.807, 2.05) is 54.6 Å². The van der Waals surface area contributed by atoms with Gasteiger partial charge in [-0.25, -0.2) is 4.79 Å². The molecule has 7 nitrogen and oxygen atoms in total. The molecular formula is C29H27NO6S. The number of anilines is 1. The largest absolute Gasteiger partial charge is 0.489 e. The Morgan fingerprint density at radius 2 is 1.81 bits per heavy atom. The predicted molar refractivity (Wildman–Crippen MR) is 143 cm³/mol. The van der Waals surface area contributed by atoms with Crippen LogP contribution in [0.15, 0.2) is 91.5 Å². The molecule has 1 N–H and O–H groups in total. The number of methoxy groups -OCH3 is 1. The van der Waals surface area contributed by atoms with Crippen molar-refractivity contribution in [1.29, 1.82) is 0 Å². The zero-order valence-electron chi connectivity index (χ0n) is 20.3. The van der Waals surface area contributed by atoms with Gasteiger partial charge >= 0.3 is 11.9 Å². The van der Waals surface area contributed by atoms with Crippen LogP contribution in [0.1, 0.15) is 39.7 Å². The highest BCUT2D eigenvalue weighted by atomic mass is 32.2. The molecule has 1 fully saturated rings. The fourth-order valence-corrected chi connectivity index (χ4v) is 5.95. The molecule has 1 aliphatic rings. The van der Waals surface area contributed by atoms with Crippen LogP contribution < -0.4 is 9.64 Å². The van der Waals surface area contributed by atoms with E-state index in [2.05, 4.69) is 6.58 Å². The number of aliphatic carboxylic acids is 1. The molecule has 0 aromatic heterocycles. The summed E-state index contributed by atoms with van der Waals surface area (Å²) in [5, 5.41) is 9.11. The number of ether oxygens (including phenoxy) is 2. The number of carbonyl (C=O) groups excluding carboxylic acids is 2. The summed E-state index contributed by atoms with van der Waals surface area (Å²) in [4.78, 5) is 39.4. The number of carbonyl (C=O) groups is 3. The van der Waals surface area contributed by atoms with E-state index in [1.165, 1.54) is 18.9 Å². The molecule has 0 radical (unpaired) electrons. The Bertz CT molecular complexity index is 1290. The molecule has 1 heterocycles. The molecule has 3 aromatic rings. The second-order valence-electron chi connectivity index (χ2n) is 8.59. The summed E-state index contributed by atoms with van der Waals surface area (Å²) in [6, 6.07) is 23.8. The zero-order chi connectivity index (χ0) is 26.4. The minimum atomic E-state index is -1.23. The number of nitrogens with zero attached hydrogens (tertiary/aromatic N) is 1. The third-order valence-corrected chi connectivity index (χ3v) is 7.69. The molecule has 1 aliphatic heterocycles. The quantitative estimate of drug-likeness (QED) is 0.276. The summed E-state index contributed by atoms with van der Waals surface area (Å²) in [5.74, 6) is -1.28. The van der Waals surface area contributed by atoms with Gasteiger partial charge in [0.2, 0.25) is 5.91 Å². The van der Waals surface area contributed by atoms with E-state index < -0.39 is 22.1 Å². The zero-order valence-corrected chi connectivity index (χ0v) is 21.1. The monoisotopic (exact) mass is 517 g/mol. The molecule has 8 heteroatoms. The summed E-state index contributed by atoms with van der Waals surface area (Å²) in [7, 11) is 1.29. The van der Waals surface area contributed by atoms with Crippen molar-refractivity contribution in [2.24, 2.45) is 0 Å². The fourth-order valence-electron chi connectivity index (χ4n) is 4.29. The Balaban J connectivity index is 1.68. The van der Waals surface area contributed by atoms with Crippen LogP contribution in [0.25, 0.3) is 0 Å². The van der Waals surface area contributed by atoms with Gasteiger partial charge in [0.1, 0.15) is 22.5 Å². The van der Waals surface area contributed by atoms with Crippen molar-refractivity contribution in [1.82, 2.24) is 0 Å². The molecule has 0 spiro atoms. The average molecular weight is 518 g/mol. The maximum Gasteiger partial charge on any atom is 0.337 e. The van der Waals surface area contributed by atoms with Crippen LogP contribution in [-0.2, 0) is 20.9 Å². The third kappa shape index (κ3) is 5.70. The van der Waals surface area contributed by atoms with Crippen LogP contribution in [0.5, 0.6) is 5.75 Å². The second-order valence-corrected chi connectivity index (χ2v) is 10.1. The maximum absolute atomic E-state index is 13.9. The lowest BCUT2D eigenvalue weighted by Crippen LogP contribution is -2.40. The van der Waals surface area contributed by atoms with Crippen LogP contribution >= 0.6 is 11.8 Å². The number of benzene rings is 3. The van der Waals surface area contributed by atoms with Crippen LogP contribution in [0.4, 0.5) is 5.69 Å². The predicted octanol–water partition coefficient (Wildman–Crippen LogP) is 5.62. The average Bonchev–Trinajstić information content (AvgIpc) is 3.19. The van der Waals surface area contributed by atoms with E-state index in [1.54, 1.807) is 35.2 Å². The van der Waals surface area contributed by atoms with E-state index in [-0.39, 0.29) is 18.7 Å². The first-order valence-electron chi connectivity index (χ1n) is 11.7. The number of allylic oxidation sites excluding steroid dienone is 1. The van der Waals surface area contributed by atoms with E-state index in [0.29, 0.717) is 23.6 Å². The van der Waals surface area contributed by atoms with Crippen LogP contribution in [0.3, 0.4) is 0 Å². The van der Waals surface area contributed by atoms with Crippen molar-refractivity contribution in [3.63, 3.8) is 0 Å². The Morgan fingerprint density at radius 1 is 1.08 bits per heavy atom. The number of amides is 1. The van der Waals surface area contributed by atoms with Gasteiger partial charge in [-0.15, -0.1) is 18.3 Å². The summed E-state index contributed by atoms with van der Waals surface area (Å²) in [6.07, 6.45) is 1.40. The smallest absolute Gasteiger partial charge is 0.337 e. The Hall–Kier alpha value is -4.04. The van der Waals surface area contributed by atoms with Crippen molar-refractivity contribution >= 4 is 35.3 Å². The van der Waals surface area contributed by atoms with Gasteiger partial charge in [0.05, 0.1) is 19.1 Å². The van der Waals surface area contributed by atoms with E-state index in [0.717, 1.165) is 11.1 Å². The van der Waals surface area contributed by atoms with Gasteiger partial charge in [-0.1, -0.05) is 54.6 Å². The van der Waals surface area contributed by atoms with E-state index >= 15 is 0 Å². The molecule has 3 aromatic carbocycles. The SMILES string of the molecule is C=CC[C@]1(CC(=O)O)S[C@@H](c2ccc(OCc3ccccc3)cc2)N(c2cccc(C(=O)OC)c2)C1=O. The molecule has 0 bridgehead atoms. The normalized spacial score (nSPS) is 18.9. The molecule has 190 valence electrons. The fraction of sp³-hybridized carbons (Fsp3) is 0.207. The first-order chi connectivity index (χ1) is 17.9. The highest BCUT2D eigenvalue weighted by Gasteiger charge is 2.54.